The van der Waals surface area contributed by atoms with Crippen molar-refractivity contribution in [2.45, 2.75) is 6.92 Å². The van der Waals surface area contributed by atoms with Gasteiger partial charge < -0.3 is 0 Å². The number of benzene rings is 7. The summed E-state index contributed by atoms with van der Waals surface area (Å²) < 4.78 is 0. The van der Waals surface area contributed by atoms with Crippen molar-refractivity contribution in [3.63, 3.8) is 0 Å². The molecule has 2 nitrogen and oxygen atoms in total. The van der Waals surface area contributed by atoms with Gasteiger partial charge in [0.1, 0.15) is 0 Å². The van der Waals surface area contributed by atoms with E-state index in [2.05, 4.69) is 78.9 Å². The maximum absolute atomic E-state index is 13.7. The quantitative estimate of drug-likeness (QED) is 0.167. The van der Waals surface area contributed by atoms with Crippen LogP contribution >= 0.6 is 0 Å². The second-order valence-corrected chi connectivity index (χ2v) is 10.5. The topological polar surface area (TPSA) is 34.1 Å². The molecule has 1 aliphatic rings. The van der Waals surface area contributed by atoms with Crippen LogP contribution in [0.4, 0.5) is 0 Å². The first-order valence-electron chi connectivity index (χ1n) is 13.2. The summed E-state index contributed by atoms with van der Waals surface area (Å²) >= 11 is 0. The molecule has 8 rings (SSSR count). The van der Waals surface area contributed by atoms with Crippen molar-refractivity contribution >= 4 is 71.0 Å². The summed E-state index contributed by atoms with van der Waals surface area (Å²) in [4.78, 5) is 27.0. The number of fused-ring (bicyclic) bond motifs is 7. The highest BCUT2D eigenvalue weighted by Gasteiger charge is 2.31. The Morgan fingerprint density at radius 1 is 0.385 bits per heavy atom. The smallest absolute Gasteiger partial charge is 0.194 e. The first kappa shape index (κ1) is 22.0. The van der Waals surface area contributed by atoms with Crippen LogP contribution in [-0.4, -0.2) is 11.6 Å². The molecule has 0 amide bonds. The van der Waals surface area contributed by atoms with Gasteiger partial charge in [0.05, 0.1) is 0 Å². The van der Waals surface area contributed by atoms with E-state index >= 15 is 0 Å². The van der Waals surface area contributed by atoms with E-state index in [1.54, 1.807) is 19.1 Å². The predicted molar refractivity (Wildman–Crippen MR) is 162 cm³/mol. The highest BCUT2D eigenvalue weighted by molar-refractivity contribution is 6.41. The Morgan fingerprint density at radius 3 is 1.59 bits per heavy atom. The van der Waals surface area contributed by atoms with Crippen LogP contribution in [0.3, 0.4) is 0 Å². The van der Waals surface area contributed by atoms with Gasteiger partial charge in [0.25, 0.3) is 0 Å². The normalized spacial score (nSPS) is 13.8. The molecule has 7 aromatic rings. The van der Waals surface area contributed by atoms with E-state index in [0.717, 1.165) is 27.1 Å². The number of Topliss-reactive ketones (excluding diaryl/α,β-unsaturated/α-hetero) is 2. The molecule has 0 aromatic heterocycles. The molecule has 0 spiro atoms. The minimum Gasteiger partial charge on any atom is -0.289 e. The minimum atomic E-state index is -0.0916. The molecule has 0 saturated heterocycles. The third-order valence-corrected chi connectivity index (χ3v) is 8.28. The lowest BCUT2D eigenvalue weighted by Gasteiger charge is -2.20. The van der Waals surface area contributed by atoms with Gasteiger partial charge >= 0.3 is 0 Å². The molecular weight excluding hydrogens is 476 g/mol. The molecule has 182 valence electrons. The fourth-order valence-corrected chi connectivity index (χ4v) is 6.32. The van der Waals surface area contributed by atoms with E-state index < -0.39 is 0 Å². The van der Waals surface area contributed by atoms with E-state index in [4.69, 9.17) is 0 Å². The third-order valence-electron chi connectivity index (χ3n) is 8.28. The number of hydrogen-bond donors (Lipinski definition) is 0. The summed E-state index contributed by atoms with van der Waals surface area (Å²) in [5.74, 6) is -0.173. The molecule has 0 N–H and O–H groups in total. The van der Waals surface area contributed by atoms with Crippen LogP contribution in [0.1, 0.15) is 33.2 Å². The van der Waals surface area contributed by atoms with E-state index in [1.165, 1.54) is 32.3 Å². The second kappa shape index (κ2) is 7.96. The average Bonchev–Trinajstić information content (AvgIpc) is 2.97. The monoisotopic (exact) mass is 498 g/mol. The zero-order valence-electron chi connectivity index (χ0n) is 21.3. The molecule has 0 bridgehead atoms. The molecule has 7 aromatic carbocycles. The summed E-state index contributed by atoms with van der Waals surface area (Å²) in [5, 5.41) is 11.5. The molecule has 0 saturated carbocycles. The van der Waals surface area contributed by atoms with Gasteiger partial charge in [-0.15, -0.1) is 0 Å². The Hall–Kier alpha value is -5.08. The molecule has 0 heterocycles. The van der Waals surface area contributed by atoms with Crippen LogP contribution in [0, 0.1) is 0 Å². The van der Waals surface area contributed by atoms with Gasteiger partial charge in [0, 0.05) is 22.3 Å². The first-order chi connectivity index (χ1) is 19.1. The van der Waals surface area contributed by atoms with Gasteiger partial charge in [0.15, 0.2) is 11.6 Å². The first-order valence-corrected chi connectivity index (χ1v) is 13.2. The summed E-state index contributed by atoms with van der Waals surface area (Å²) in [6.07, 6.45) is 0. The Morgan fingerprint density at radius 2 is 0.872 bits per heavy atom. The van der Waals surface area contributed by atoms with Crippen molar-refractivity contribution in [3.8, 4) is 0 Å². The van der Waals surface area contributed by atoms with Gasteiger partial charge in [-0.05, 0) is 103 Å². The highest BCUT2D eigenvalue weighted by atomic mass is 16.1. The average molecular weight is 499 g/mol. The minimum absolute atomic E-state index is 0.0814. The summed E-state index contributed by atoms with van der Waals surface area (Å²) in [5.41, 5.74) is 2.77. The Labute approximate surface area is 224 Å². The van der Waals surface area contributed by atoms with Gasteiger partial charge in [-0.2, -0.15) is 0 Å². The Kier molecular flexibility index (Phi) is 4.48. The summed E-state index contributed by atoms with van der Waals surface area (Å²) in [6, 6.07) is 39.4. The largest absolute Gasteiger partial charge is 0.289 e. The van der Waals surface area contributed by atoms with Gasteiger partial charge in [-0.3, -0.25) is 9.59 Å². The van der Waals surface area contributed by atoms with Crippen molar-refractivity contribution in [2.24, 2.45) is 0 Å². The van der Waals surface area contributed by atoms with Crippen LogP contribution in [0.5, 0.6) is 0 Å². The van der Waals surface area contributed by atoms with Crippen LogP contribution in [0.2, 0.25) is 0 Å². The predicted octanol–water partition coefficient (Wildman–Crippen LogP) is 9.31. The Balaban J connectivity index is 1.42. The van der Waals surface area contributed by atoms with Crippen molar-refractivity contribution in [1.82, 2.24) is 0 Å². The lowest BCUT2D eigenvalue weighted by atomic mass is 9.80. The molecular formula is C37H22O2. The number of allylic oxidation sites excluding steroid dienone is 2. The molecule has 0 unspecified atom stereocenters. The zero-order valence-corrected chi connectivity index (χ0v) is 21.3. The second-order valence-electron chi connectivity index (χ2n) is 10.5. The molecule has 0 aliphatic heterocycles. The fourth-order valence-electron chi connectivity index (χ4n) is 6.32. The molecule has 0 fully saturated rings. The number of ketones is 2. The van der Waals surface area contributed by atoms with Crippen LogP contribution in [0.15, 0.2) is 121 Å². The van der Waals surface area contributed by atoms with E-state index in [9.17, 15) is 9.59 Å². The molecule has 0 radical (unpaired) electrons. The fraction of sp³-hybridized carbons (Fsp3) is 0.0270. The van der Waals surface area contributed by atoms with E-state index in [-0.39, 0.29) is 11.6 Å². The number of carbonyl (C=O) groups excluding carboxylic acids is 2. The molecule has 1 aliphatic carbocycles. The third kappa shape index (κ3) is 3.15. The van der Waals surface area contributed by atoms with Crippen molar-refractivity contribution in [1.29, 1.82) is 0 Å². The standard InChI is InChI=1S/C37H22O2/c1-21-35(37(39)31-11-5-4-10-30(31)36(21)38)29-12-6-9-24-17-25-13-14-26-18-27-15-22-7-2-3-8-23(22)16-28(27)19-32(26)34(25)20-33(24)29/h2-20H,1H3. The number of carbonyl (C=O) groups is 2. The zero-order chi connectivity index (χ0) is 26.2. The highest BCUT2D eigenvalue weighted by Crippen LogP contribution is 2.39. The number of rotatable bonds is 1. The lowest BCUT2D eigenvalue weighted by Crippen LogP contribution is -2.20. The van der Waals surface area contributed by atoms with Gasteiger partial charge in [0.2, 0.25) is 0 Å². The van der Waals surface area contributed by atoms with Gasteiger partial charge in [-0.25, -0.2) is 0 Å². The van der Waals surface area contributed by atoms with E-state index in [1.807, 2.05) is 24.3 Å². The maximum atomic E-state index is 13.7. The SMILES string of the molecule is CC1=C(c2cccc3cc4ccc5cc6cc7ccccc7cc6cc5c4cc23)C(=O)c2ccccc2C1=O. The summed E-state index contributed by atoms with van der Waals surface area (Å²) in [7, 11) is 0. The molecule has 39 heavy (non-hydrogen) atoms. The summed E-state index contributed by atoms with van der Waals surface area (Å²) in [6.45, 7) is 1.78. The van der Waals surface area contributed by atoms with Crippen molar-refractivity contribution in [3.05, 3.63) is 138 Å². The van der Waals surface area contributed by atoms with Crippen LogP contribution in [-0.2, 0) is 0 Å². The van der Waals surface area contributed by atoms with Crippen molar-refractivity contribution < 1.29 is 9.59 Å². The molecule has 0 atom stereocenters. The maximum Gasteiger partial charge on any atom is 0.194 e. The van der Waals surface area contributed by atoms with Crippen LogP contribution in [0.25, 0.3) is 59.4 Å². The van der Waals surface area contributed by atoms with Gasteiger partial charge in [-0.1, -0.05) is 78.9 Å². The lowest BCUT2D eigenvalue weighted by molar-refractivity contribution is 0.0992. The number of hydrogen-bond acceptors (Lipinski definition) is 2. The Bertz CT molecular complexity index is 2270. The van der Waals surface area contributed by atoms with Crippen molar-refractivity contribution in [2.75, 3.05) is 0 Å². The van der Waals surface area contributed by atoms with E-state index in [0.29, 0.717) is 22.3 Å². The van der Waals surface area contributed by atoms with Crippen LogP contribution < -0.4 is 0 Å². The molecule has 2 heteroatoms.